The number of aliphatic hydroxyl groups is 2. The van der Waals surface area contributed by atoms with Crippen LogP contribution < -0.4 is 0 Å². The lowest BCUT2D eigenvalue weighted by Gasteiger charge is -2.41. The molecule has 0 radical (unpaired) electrons. The van der Waals surface area contributed by atoms with Crippen molar-refractivity contribution in [2.75, 3.05) is 19.8 Å². The van der Waals surface area contributed by atoms with E-state index >= 15 is 0 Å². The maximum absolute atomic E-state index is 10.4. The molecule has 118 valence electrons. The molecular formula is C16H30O4. The summed E-state index contributed by atoms with van der Waals surface area (Å²) in [6.45, 7) is 10.4. The maximum Gasteiger partial charge on any atom is 0.0854 e. The first-order valence-corrected chi connectivity index (χ1v) is 7.88. The molecule has 5 atom stereocenters. The highest BCUT2D eigenvalue weighted by molar-refractivity contribution is 4.93. The molecule has 2 fully saturated rings. The molecule has 0 aromatic carbocycles. The van der Waals surface area contributed by atoms with Crippen molar-refractivity contribution in [1.82, 2.24) is 0 Å². The summed E-state index contributed by atoms with van der Waals surface area (Å²) >= 11 is 0. The van der Waals surface area contributed by atoms with Crippen molar-refractivity contribution in [2.45, 2.75) is 58.8 Å². The minimum absolute atomic E-state index is 0.0548. The first-order valence-electron chi connectivity index (χ1n) is 7.88. The van der Waals surface area contributed by atoms with Crippen LogP contribution in [0.2, 0.25) is 0 Å². The predicted molar refractivity (Wildman–Crippen MR) is 77.4 cm³/mol. The van der Waals surface area contributed by atoms with Gasteiger partial charge in [-0.2, -0.15) is 0 Å². The molecule has 0 amide bonds. The monoisotopic (exact) mass is 286 g/mol. The summed E-state index contributed by atoms with van der Waals surface area (Å²) in [5.41, 5.74) is -0.0548. The van der Waals surface area contributed by atoms with Gasteiger partial charge in [-0.1, -0.05) is 27.7 Å². The first kappa shape index (κ1) is 16.2. The number of hydrogen-bond donors (Lipinski definition) is 2. The molecule has 0 saturated carbocycles. The summed E-state index contributed by atoms with van der Waals surface area (Å²) in [6.07, 6.45) is 0.779. The van der Waals surface area contributed by atoms with Gasteiger partial charge >= 0.3 is 0 Å². The Morgan fingerprint density at radius 1 is 1.20 bits per heavy atom. The summed E-state index contributed by atoms with van der Waals surface area (Å²) in [7, 11) is 0. The highest BCUT2D eigenvalue weighted by Crippen LogP contribution is 2.41. The molecule has 4 nitrogen and oxygen atoms in total. The van der Waals surface area contributed by atoms with Gasteiger partial charge in [0.2, 0.25) is 0 Å². The van der Waals surface area contributed by atoms with Gasteiger partial charge in [-0.05, 0) is 30.1 Å². The van der Waals surface area contributed by atoms with Crippen LogP contribution in [0.15, 0.2) is 0 Å². The second-order valence-corrected chi connectivity index (χ2v) is 7.50. The predicted octanol–water partition coefficient (Wildman–Crippen LogP) is 1.83. The smallest absolute Gasteiger partial charge is 0.0854 e. The van der Waals surface area contributed by atoms with Crippen LogP contribution in [-0.4, -0.2) is 48.3 Å². The van der Waals surface area contributed by atoms with Crippen molar-refractivity contribution in [3.63, 3.8) is 0 Å². The summed E-state index contributed by atoms with van der Waals surface area (Å²) in [6, 6.07) is 0. The van der Waals surface area contributed by atoms with Crippen molar-refractivity contribution in [3.8, 4) is 0 Å². The van der Waals surface area contributed by atoms with E-state index in [1.165, 1.54) is 0 Å². The van der Waals surface area contributed by atoms with Crippen LogP contribution in [-0.2, 0) is 9.47 Å². The lowest BCUT2D eigenvalue weighted by Crippen LogP contribution is -2.44. The Labute approximate surface area is 122 Å². The number of rotatable bonds is 4. The molecule has 0 aromatic heterocycles. The lowest BCUT2D eigenvalue weighted by molar-refractivity contribution is -0.0960. The van der Waals surface area contributed by atoms with Crippen LogP contribution in [0.4, 0.5) is 0 Å². The van der Waals surface area contributed by atoms with E-state index in [0.717, 1.165) is 12.8 Å². The highest BCUT2D eigenvalue weighted by atomic mass is 16.5. The van der Waals surface area contributed by atoms with Crippen LogP contribution in [0, 0.1) is 23.2 Å². The van der Waals surface area contributed by atoms with Crippen LogP contribution in [0.5, 0.6) is 0 Å². The minimum atomic E-state index is -0.404. The van der Waals surface area contributed by atoms with E-state index in [4.69, 9.17) is 9.47 Å². The van der Waals surface area contributed by atoms with E-state index in [0.29, 0.717) is 25.7 Å². The Kier molecular flexibility index (Phi) is 5.11. The molecule has 2 rings (SSSR count). The van der Waals surface area contributed by atoms with Gasteiger partial charge in [-0.15, -0.1) is 0 Å². The minimum Gasteiger partial charge on any atom is -0.390 e. The summed E-state index contributed by atoms with van der Waals surface area (Å²) in [4.78, 5) is 0. The van der Waals surface area contributed by atoms with Crippen molar-refractivity contribution in [3.05, 3.63) is 0 Å². The largest absolute Gasteiger partial charge is 0.390 e. The van der Waals surface area contributed by atoms with Gasteiger partial charge in [-0.3, -0.25) is 0 Å². The SMILES string of the molecule is CC(C)C1COC(CC(C)(C)C2CCOCC2O)C1O. The van der Waals surface area contributed by atoms with Crippen molar-refractivity contribution >= 4 is 0 Å². The zero-order valence-electron chi connectivity index (χ0n) is 13.2. The molecule has 2 aliphatic rings. The van der Waals surface area contributed by atoms with E-state index in [-0.39, 0.29) is 29.5 Å². The second-order valence-electron chi connectivity index (χ2n) is 7.50. The first-order chi connectivity index (χ1) is 9.33. The average molecular weight is 286 g/mol. The molecule has 0 aromatic rings. The summed E-state index contributed by atoms with van der Waals surface area (Å²) < 4.78 is 11.2. The highest BCUT2D eigenvalue weighted by Gasteiger charge is 2.44. The van der Waals surface area contributed by atoms with Crippen LogP contribution >= 0.6 is 0 Å². The molecule has 0 spiro atoms. The number of ether oxygens (including phenoxy) is 2. The molecule has 0 aliphatic carbocycles. The Hall–Kier alpha value is -0.160. The van der Waals surface area contributed by atoms with Crippen LogP contribution in [0.25, 0.3) is 0 Å². The van der Waals surface area contributed by atoms with Gasteiger partial charge in [0.15, 0.2) is 0 Å². The van der Waals surface area contributed by atoms with Gasteiger partial charge < -0.3 is 19.7 Å². The molecule has 2 N–H and O–H groups in total. The normalized spacial score (nSPS) is 39.5. The molecular weight excluding hydrogens is 256 g/mol. The third-order valence-corrected chi connectivity index (χ3v) is 5.24. The molecule has 2 aliphatic heterocycles. The van der Waals surface area contributed by atoms with E-state index in [1.54, 1.807) is 0 Å². The second kappa shape index (κ2) is 6.30. The quantitative estimate of drug-likeness (QED) is 0.828. The van der Waals surface area contributed by atoms with Gasteiger partial charge in [-0.25, -0.2) is 0 Å². The van der Waals surface area contributed by atoms with E-state index in [2.05, 4.69) is 27.7 Å². The molecule has 0 bridgehead atoms. The molecule has 2 saturated heterocycles. The van der Waals surface area contributed by atoms with E-state index in [1.807, 2.05) is 0 Å². The zero-order chi connectivity index (χ0) is 14.9. The van der Waals surface area contributed by atoms with E-state index < -0.39 is 6.10 Å². The van der Waals surface area contributed by atoms with Crippen molar-refractivity contribution in [1.29, 1.82) is 0 Å². The third kappa shape index (κ3) is 3.35. The van der Waals surface area contributed by atoms with Crippen molar-refractivity contribution < 1.29 is 19.7 Å². The van der Waals surface area contributed by atoms with Crippen LogP contribution in [0.1, 0.15) is 40.5 Å². The Morgan fingerprint density at radius 3 is 2.45 bits per heavy atom. The fourth-order valence-electron chi connectivity index (χ4n) is 3.78. The number of aliphatic hydroxyl groups excluding tert-OH is 2. The maximum atomic E-state index is 10.4. The van der Waals surface area contributed by atoms with Gasteiger partial charge in [0.25, 0.3) is 0 Å². The number of hydrogen-bond acceptors (Lipinski definition) is 4. The Bertz CT molecular complexity index is 316. The fraction of sp³-hybridized carbons (Fsp3) is 1.00. The zero-order valence-corrected chi connectivity index (χ0v) is 13.2. The lowest BCUT2D eigenvalue weighted by atomic mass is 9.69. The van der Waals surface area contributed by atoms with Gasteiger partial charge in [0.05, 0.1) is 31.5 Å². The Morgan fingerprint density at radius 2 is 1.90 bits per heavy atom. The standard InChI is InChI=1S/C16H30O4/c1-10(2)11-8-20-14(15(11)18)7-16(3,4)12-5-6-19-9-13(12)17/h10-15,17-18H,5-9H2,1-4H3. The van der Waals surface area contributed by atoms with Crippen molar-refractivity contribution in [2.24, 2.45) is 23.2 Å². The van der Waals surface area contributed by atoms with Crippen LogP contribution in [0.3, 0.4) is 0 Å². The van der Waals surface area contributed by atoms with Gasteiger partial charge in [0.1, 0.15) is 0 Å². The summed E-state index contributed by atoms with van der Waals surface area (Å²) in [5, 5.41) is 20.6. The summed E-state index contributed by atoms with van der Waals surface area (Å²) in [5.74, 6) is 0.882. The van der Waals surface area contributed by atoms with Gasteiger partial charge in [0, 0.05) is 12.5 Å². The molecule has 4 heteroatoms. The van der Waals surface area contributed by atoms with E-state index in [9.17, 15) is 10.2 Å². The topological polar surface area (TPSA) is 58.9 Å². The molecule has 20 heavy (non-hydrogen) atoms. The third-order valence-electron chi connectivity index (χ3n) is 5.24. The Balaban J connectivity index is 1.97. The molecule has 2 heterocycles. The molecule has 5 unspecified atom stereocenters. The fourth-order valence-corrected chi connectivity index (χ4v) is 3.78. The average Bonchev–Trinajstić information content (AvgIpc) is 2.71.